The lowest BCUT2D eigenvalue weighted by molar-refractivity contribution is 0.602. The molecule has 2 heterocycles. The van der Waals surface area contributed by atoms with E-state index >= 15 is 0 Å². The third kappa shape index (κ3) is 4.09. The van der Waals surface area contributed by atoms with Crippen molar-refractivity contribution in [3.8, 4) is 0 Å². The Bertz CT molecular complexity index is 874. The molecule has 1 saturated heterocycles. The van der Waals surface area contributed by atoms with Crippen LogP contribution in [0.2, 0.25) is 10.0 Å². The van der Waals surface area contributed by atoms with Crippen LogP contribution in [0.3, 0.4) is 0 Å². The first-order valence-electron chi connectivity index (χ1n) is 7.36. The van der Waals surface area contributed by atoms with E-state index in [4.69, 9.17) is 23.2 Å². The summed E-state index contributed by atoms with van der Waals surface area (Å²) in [6.45, 7) is 1.84. The molecule has 1 aromatic heterocycles. The van der Waals surface area contributed by atoms with Crippen LogP contribution in [0.4, 0.5) is 17.5 Å². The molecule has 1 aliphatic rings. The SMILES string of the molecule is Cc1cc(NC2CCS(=O)(=O)C2)nc(Nc2cccc(Cl)c2Cl)n1. The van der Waals surface area contributed by atoms with Crippen molar-refractivity contribution in [3.63, 3.8) is 0 Å². The van der Waals surface area contributed by atoms with Crippen molar-refractivity contribution in [3.05, 3.63) is 40.0 Å². The minimum atomic E-state index is -2.95. The molecule has 24 heavy (non-hydrogen) atoms. The average Bonchev–Trinajstić information content (AvgIpc) is 2.82. The largest absolute Gasteiger partial charge is 0.366 e. The number of benzene rings is 1. The number of aromatic nitrogens is 2. The molecule has 0 saturated carbocycles. The second kappa shape index (κ2) is 6.74. The number of nitrogens with zero attached hydrogens (tertiary/aromatic N) is 2. The van der Waals surface area contributed by atoms with E-state index < -0.39 is 9.84 Å². The van der Waals surface area contributed by atoms with Crippen LogP contribution in [0.25, 0.3) is 0 Å². The van der Waals surface area contributed by atoms with Crippen molar-refractivity contribution in [1.29, 1.82) is 0 Å². The Labute approximate surface area is 150 Å². The summed E-state index contributed by atoms with van der Waals surface area (Å²) >= 11 is 12.2. The van der Waals surface area contributed by atoms with Crippen molar-refractivity contribution < 1.29 is 8.42 Å². The molecule has 2 N–H and O–H groups in total. The molecule has 0 bridgehead atoms. The molecule has 0 amide bonds. The van der Waals surface area contributed by atoms with Gasteiger partial charge in [0.1, 0.15) is 5.82 Å². The number of rotatable bonds is 4. The van der Waals surface area contributed by atoms with Gasteiger partial charge >= 0.3 is 0 Å². The Balaban J connectivity index is 1.80. The van der Waals surface area contributed by atoms with Gasteiger partial charge in [-0.3, -0.25) is 0 Å². The molecular formula is C15H16Cl2N4O2S. The number of anilines is 3. The van der Waals surface area contributed by atoms with Crippen LogP contribution in [0.5, 0.6) is 0 Å². The molecule has 128 valence electrons. The molecule has 1 unspecified atom stereocenters. The smallest absolute Gasteiger partial charge is 0.229 e. The zero-order chi connectivity index (χ0) is 17.3. The molecular weight excluding hydrogens is 371 g/mol. The standard InChI is InChI=1S/C15H16Cl2N4O2S/c1-9-7-13(19-10-5-6-24(22,23)8-10)21-15(18-9)20-12-4-2-3-11(16)14(12)17/h2-4,7,10H,5-6,8H2,1H3,(H2,18,19,20,21). The van der Waals surface area contributed by atoms with Crippen LogP contribution in [0.1, 0.15) is 12.1 Å². The number of sulfone groups is 1. The molecule has 1 fully saturated rings. The van der Waals surface area contributed by atoms with Crippen molar-refractivity contribution in [2.24, 2.45) is 0 Å². The van der Waals surface area contributed by atoms with Crippen molar-refractivity contribution in [2.45, 2.75) is 19.4 Å². The lowest BCUT2D eigenvalue weighted by Crippen LogP contribution is -2.21. The Morgan fingerprint density at radius 1 is 1.25 bits per heavy atom. The van der Waals surface area contributed by atoms with Gasteiger partial charge in [-0.05, 0) is 25.5 Å². The highest BCUT2D eigenvalue weighted by Crippen LogP contribution is 2.31. The van der Waals surface area contributed by atoms with Crippen molar-refractivity contribution >= 4 is 50.5 Å². The first-order chi connectivity index (χ1) is 11.3. The summed E-state index contributed by atoms with van der Waals surface area (Å²) in [4.78, 5) is 8.70. The Morgan fingerprint density at radius 3 is 2.75 bits per heavy atom. The molecule has 1 aliphatic heterocycles. The van der Waals surface area contributed by atoms with Crippen LogP contribution in [0.15, 0.2) is 24.3 Å². The maximum absolute atomic E-state index is 11.6. The van der Waals surface area contributed by atoms with E-state index in [1.54, 1.807) is 24.3 Å². The molecule has 9 heteroatoms. The molecule has 2 aromatic rings. The monoisotopic (exact) mass is 386 g/mol. The fourth-order valence-corrected chi connectivity index (χ4v) is 4.56. The zero-order valence-corrected chi connectivity index (χ0v) is 15.2. The highest BCUT2D eigenvalue weighted by atomic mass is 35.5. The topological polar surface area (TPSA) is 84.0 Å². The van der Waals surface area contributed by atoms with Crippen molar-refractivity contribution in [1.82, 2.24) is 9.97 Å². The summed E-state index contributed by atoms with van der Waals surface area (Å²) in [7, 11) is -2.95. The van der Waals surface area contributed by atoms with Gasteiger partial charge in [0.05, 0.1) is 27.2 Å². The highest BCUT2D eigenvalue weighted by molar-refractivity contribution is 7.91. The van der Waals surface area contributed by atoms with Crippen molar-refractivity contribution in [2.75, 3.05) is 22.1 Å². The van der Waals surface area contributed by atoms with E-state index in [-0.39, 0.29) is 17.5 Å². The first-order valence-corrected chi connectivity index (χ1v) is 9.94. The third-order valence-electron chi connectivity index (χ3n) is 3.64. The summed E-state index contributed by atoms with van der Waals surface area (Å²) in [5.74, 6) is 1.27. The van der Waals surface area contributed by atoms with Gasteiger partial charge in [0, 0.05) is 17.8 Å². The van der Waals surface area contributed by atoms with E-state index in [1.807, 2.05) is 6.92 Å². The summed E-state index contributed by atoms with van der Waals surface area (Å²) in [6.07, 6.45) is 0.578. The Kier molecular flexibility index (Phi) is 4.85. The van der Waals surface area contributed by atoms with E-state index in [9.17, 15) is 8.42 Å². The maximum atomic E-state index is 11.6. The average molecular weight is 387 g/mol. The number of halogens is 2. The number of hydrogen-bond donors (Lipinski definition) is 2. The van der Waals surface area contributed by atoms with E-state index in [0.29, 0.717) is 33.9 Å². The quantitative estimate of drug-likeness (QED) is 0.836. The zero-order valence-electron chi connectivity index (χ0n) is 12.9. The predicted octanol–water partition coefficient (Wildman–Crippen LogP) is 3.43. The number of hydrogen-bond acceptors (Lipinski definition) is 6. The van der Waals surface area contributed by atoms with Crippen LogP contribution < -0.4 is 10.6 Å². The van der Waals surface area contributed by atoms with Gasteiger partial charge in [-0.15, -0.1) is 0 Å². The van der Waals surface area contributed by atoms with Gasteiger partial charge in [-0.1, -0.05) is 29.3 Å². The summed E-state index contributed by atoms with van der Waals surface area (Å²) in [6, 6.07) is 6.88. The van der Waals surface area contributed by atoms with Gasteiger partial charge in [0.2, 0.25) is 5.95 Å². The van der Waals surface area contributed by atoms with Gasteiger partial charge in [0.25, 0.3) is 0 Å². The van der Waals surface area contributed by atoms with Crippen LogP contribution in [-0.2, 0) is 9.84 Å². The fraction of sp³-hybridized carbons (Fsp3) is 0.333. The molecule has 1 aromatic carbocycles. The van der Waals surface area contributed by atoms with E-state index in [0.717, 1.165) is 5.69 Å². The molecule has 6 nitrogen and oxygen atoms in total. The van der Waals surface area contributed by atoms with Crippen LogP contribution in [0, 0.1) is 6.92 Å². The second-order valence-electron chi connectivity index (χ2n) is 5.69. The van der Waals surface area contributed by atoms with Gasteiger partial charge in [-0.25, -0.2) is 13.4 Å². The predicted molar refractivity (Wildman–Crippen MR) is 97.2 cm³/mol. The molecule has 0 radical (unpaired) electrons. The van der Waals surface area contributed by atoms with Gasteiger partial charge in [0.15, 0.2) is 9.84 Å². The lowest BCUT2D eigenvalue weighted by Gasteiger charge is -2.14. The highest BCUT2D eigenvalue weighted by Gasteiger charge is 2.28. The first kappa shape index (κ1) is 17.3. The normalized spacial score (nSPS) is 19.2. The number of nitrogens with one attached hydrogen (secondary N) is 2. The minimum Gasteiger partial charge on any atom is -0.366 e. The maximum Gasteiger partial charge on any atom is 0.229 e. The third-order valence-corrected chi connectivity index (χ3v) is 6.22. The Hall–Kier alpha value is -1.57. The Morgan fingerprint density at radius 2 is 2.04 bits per heavy atom. The fourth-order valence-electron chi connectivity index (χ4n) is 2.54. The summed E-state index contributed by atoms with van der Waals surface area (Å²) < 4.78 is 23.1. The number of aryl methyl sites for hydroxylation is 1. The van der Waals surface area contributed by atoms with E-state index in [2.05, 4.69) is 20.6 Å². The molecule has 1 atom stereocenters. The second-order valence-corrected chi connectivity index (χ2v) is 8.70. The summed E-state index contributed by atoms with van der Waals surface area (Å²) in [5.41, 5.74) is 1.35. The van der Waals surface area contributed by atoms with Gasteiger partial charge in [-0.2, -0.15) is 4.98 Å². The molecule has 0 spiro atoms. The summed E-state index contributed by atoms with van der Waals surface area (Å²) in [5, 5.41) is 7.02. The lowest BCUT2D eigenvalue weighted by atomic mass is 10.2. The minimum absolute atomic E-state index is 0.124. The molecule has 0 aliphatic carbocycles. The molecule has 3 rings (SSSR count). The van der Waals surface area contributed by atoms with Crippen LogP contribution in [-0.4, -0.2) is 35.9 Å². The van der Waals surface area contributed by atoms with E-state index in [1.165, 1.54) is 0 Å². The van der Waals surface area contributed by atoms with Crippen LogP contribution >= 0.6 is 23.2 Å². The van der Waals surface area contributed by atoms with Gasteiger partial charge < -0.3 is 10.6 Å².